The van der Waals surface area contributed by atoms with Crippen molar-refractivity contribution < 1.29 is 0 Å². The van der Waals surface area contributed by atoms with Crippen molar-refractivity contribution in [2.45, 2.75) is 25.3 Å². The highest BCUT2D eigenvalue weighted by molar-refractivity contribution is 5.50. The maximum atomic E-state index is 11.8. The Morgan fingerprint density at radius 3 is 3.07 bits per heavy atom. The van der Waals surface area contributed by atoms with Gasteiger partial charge in [0.2, 0.25) is 0 Å². The second-order valence-electron chi connectivity index (χ2n) is 3.95. The van der Waals surface area contributed by atoms with Crippen LogP contribution in [0.3, 0.4) is 0 Å². The zero-order chi connectivity index (χ0) is 10.4. The maximum Gasteiger partial charge on any atom is 0.277 e. The molecule has 0 aromatic carbocycles. The fourth-order valence-electron chi connectivity index (χ4n) is 1.85. The van der Waals surface area contributed by atoms with E-state index in [9.17, 15) is 4.79 Å². The molecule has 15 heavy (non-hydrogen) atoms. The average Bonchev–Trinajstić information content (AvgIpc) is 2.99. The fourth-order valence-corrected chi connectivity index (χ4v) is 1.85. The number of nitrogens with two attached hydrogens (primary N) is 1. The molecule has 2 heterocycles. The first-order chi connectivity index (χ1) is 7.31. The van der Waals surface area contributed by atoms with Crippen LogP contribution in [0.2, 0.25) is 0 Å². The van der Waals surface area contributed by atoms with E-state index in [2.05, 4.69) is 10.1 Å². The summed E-state index contributed by atoms with van der Waals surface area (Å²) in [5.74, 6) is 0.585. The van der Waals surface area contributed by atoms with Crippen molar-refractivity contribution in [3.63, 3.8) is 0 Å². The molecule has 5 heteroatoms. The van der Waals surface area contributed by atoms with Crippen molar-refractivity contribution in [3.8, 4) is 0 Å². The molecule has 3 rings (SSSR count). The summed E-state index contributed by atoms with van der Waals surface area (Å²) in [5.41, 5.74) is 7.80. The van der Waals surface area contributed by atoms with Gasteiger partial charge in [0.05, 0.1) is 5.56 Å². The van der Waals surface area contributed by atoms with Gasteiger partial charge in [-0.25, -0.2) is 9.50 Å². The minimum atomic E-state index is -0.0885. The summed E-state index contributed by atoms with van der Waals surface area (Å²) in [6.07, 6.45) is 5.85. The molecule has 0 radical (unpaired) electrons. The number of nitrogens with one attached hydrogen (secondary N) is 1. The maximum absolute atomic E-state index is 11.8. The molecule has 5 nitrogen and oxygen atoms in total. The van der Waals surface area contributed by atoms with E-state index in [1.165, 1.54) is 17.4 Å². The third-order valence-corrected chi connectivity index (χ3v) is 2.88. The number of fused-ring (bicyclic) bond motifs is 1. The molecule has 1 aliphatic rings. The van der Waals surface area contributed by atoms with Crippen molar-refractivity contribution in [2.75, 3.05) is 0 Å². The highest BCUT2D eigenvalue weighted by atomic mass is 16.1. The van der Waals surface area contributed by atoms with E-state index in [0.717, 1.165) is 11.2 Å². The van der Waals surface area contributed by atoms with Crippen molar-refractivity contribution in [1.82, 2.24) is 14.6 Å². The van der Waals surface area contributed by atoms with Gasteiger partial charge in [-0.15, -0.1) is 0 Å². The van der Waals surface area contributed by atoms with Crippen molar-refractivity contribution in [3.05, 3.63) is 33.9 Å². The standard InChI is InChI=1S/C10H12N4O/c11-3-7-4-12-9-8(6-1-2-6)5-13-14(9)10(7)15/h4-6,13H,1-3,11H2. The highest BCUT2D eigenvalue weighted by Gasteiger charge is 2.27. The first-order valence-electron chi connectivity index (χ1n) is 5.09. The van der Waals surface area contributed by atoms with Crippen LogP contribution >= 0.6 is 0 Å². The molecule has 0 aliphatic heterocycles. The van der Waals surface area contributed by atoms with Crippen molar-refractivity contribution >= 4 is 5.65 Å². The first-order valence-corrected chi connectivity index (χ1v) is 5.09. The van der Waals surface area contributed by atoms with Gasteiger partial charge in [0.15, 0.2) is 5.65 Å². The molecule has 0 unspecified atom stereocenters. The molecule has 2 aromatic rings. The van der Waals surface area contributed by atoms with E-state index in [1.807, 2.05) is 6.20 Å². The molecule has 1 fully saturated rings. The second-order valence-corrected chi connectivity index (χ2v) is 3.95. The van der Waals surface area contributed by atoms with Crippen LogP contribution in [0.1, 0.15) is 29.9 Å². The SMILES string of the molecule is NCc1cnc2c(C3CC3)c[nH]n2c1=O. The smallest absolute Gasteiger partial charge is 0.277 e. The Morgan fingerprint density at radius 2 is 2.40 bits per heavy atom. The third-order valence-electron chi connectivity index (χ3n) is 2.88. The molecule has 0 spiro atoms. The van der Waals surface area contributed by atoms with E-state index >= 15 is 0 Å². The van der Waals surface area contributed by atoms with Gasteiger partial charge in [0.25, 0.3) is 5.56 Å². The lowest BCUT2D eigenvalue weighted by Gasteiger charge is -1.98. The normalized spacial score (nSPS) is 16.1. The number of aromatic amines is 1. The van der Waals surface area contributed by atoms with Gasteiger partial charge >= 0.3 is 0 Å². The van der Waals surface area contributed by atoms with Crippen molar-refractivity contribution in [2.24, 2.45) is 5.73 Å². The number of rotatable bonds is 2. The van der Waals surface area contributed by atoms with Gasteiger partial charge in [0, 0.05) is 24.5 Å². The fraction of sp³-hybridized carbons (Fsp3) is 0.400. The number of hydrogen-bond acceptors (Lipinski definition) is 3. The first kappa shape index (κ1) is 8.67. The Labute approximate surface area is 85.9 Å². The Balaban J connectivity index is 2.29. The molecule has 0 bridgehead atoms. The minimum Gasteiger partial charge on any atom is -0.326 e. The summed E-state index contributed by atoms with van der Waals surface area (Å²) in [6.45, 7) is 0.229. The van der Waals surface area contributed by atoms with Crippen LogP contribution in [0.15, 0.2) is 17.2 Å². The molecule has 0 saturated heterocycles. The topological polar surface area (TPSA) is 76.2 Å². The molecule has 0 amide bonds. The van der Waals surface area contributed by atoms with Gasteiger partial charge in [-0.1, -0.05) is 0 Å². The van der Waals surface area contributed by atoms with Crippen LogP contribution in [0.25, 0.3) is 5.65 Å². The Morgan fingerprint density at radius 1 is 1.60 bits per heavy atom. The van der Waals surface area contributed by atoms with Gasteiger partial charge in [-0.3, -0.25) is 9.89 Å². The van der Waals surface area contributed by atoms with Crippen LogP contribution < -0.4 is 11.3 Å². The predicted molar refractivity (Wildman–Crippen MR) is 55.7 cm³/mol. The molecular formula is C10H12N4O. The monoisotopic (exact) mass is 204 g/mol. The number of nitrogens with zero attached hydrogens (tertiary/aromatic N) is 2. The molecular weight excluding hydrogens is 192 g/mol. The highest BCUT2D eigenvalue weighted by Crippen LogP contribution is 2.41. The van der Waals surface area contributed by atoms with Crippen LogP contribution in [0.5, 0.6) is 0 Å². The summed E-state index contributed by atoms with van der Waals surface area (Å²) >= 11 is 0. The number of hydrogen-bond donors (Lipinski definition) is 2. The Hall–Kier alpha value is -1.62. The minimum absolute atomic E-state index is 0.0885. The average molecular weight is 204 g/mol. The quantitative estimate of drug-likeness (QED) is 0.741. The summed E-state index contributed by atoms with van der Waals surface area (Å²) < 4.78 is 1.48. The van der Waals surface area contributed by atoms with Crippen LogP contribution in [-0.2, 0) is 6.54 Å². The summed E-state index contributed by atoms with van der Waals surface area (Å²) in [4.78, 5) is 16.1. The molecule has 0 atom stereocenters. The zero-order valence-corrected chi connectivity index (χ0v) is 8.23. The van der Waals surface area contributed by atoms with E-state index in [0.29, 0.717) is 11.5 Å². The lowest BCUT2D eigenvalue weighted by molar-refractivity contribution is 0.860. The third kappa shape index (κ3) is 1.20. The molecule has 2 aromatic heterocycles. The molecule has 78 valence electrons. The van der Waals surface area contributed by atoms with Gasteiger partial charge in [-0.05, 0) is 18.8 Å². The molecule has 1 aliphatic carbocycles. The van der Waals surface area contributed by atoms with E-state index in [4.69, 9.17) is 5.73 Å². The second kappa shape index (κ2) is 2.93. The van der Waals surface area contributed by atoms with Gasteiger partial charge in [-0.2, -0.15) is 0 Å². The molecule has 1 saturated carbocycles. The van der Waals surface area contributed by atoms with E-state index < -0.39 is 0 Å². The van der Waals surface area contributed by atoms with Crippen molar-refractivity contribution in [1.29, 1.82) is 0 Å². The Kier molecular flexibility index (Phi) is 1.70. The lowest BCUT2D eigenvalue weighted by Crippen LogP contribution is -2.21. The summed E-state index contributed by atoms with van der Waals surface area (Å²) in [7, 11) is 0. The number of H-pyrrole nitrogens is 1. The van der Waals surface area contributed by atoms with Crippen LogP contribution in [0, 0.1) is 0 Å². The lowest BCUT2D eigenvalue weighted by atomic mass is 10.2. The van der Waals surface area contributed by atoms with E-state index in [-0.39, 0.29) is 12.1 Å². The Bertz CT molecular complexity index is 564. The largest absolute Gasteiger partial charge is 0.326 e. The van der Waals surface area contributed by atoms with E-state index in [1.54, 1.807) is 6.20 Å². The number of aromatic nitrogens is 3. The molecule has 3 N–H and O–H groups in total. The van der Waals surface area contributed by atoms with Gasteiger partial charge < -0.3 is 5.73 Å². The van der Waals surface area contributed by atoms with Crippen LogP contribution in [0.4, 0.5) is 0 Å². The van der Waals surface area contributed by atoms with Gasteiger partial charge in [0.1, 0.15) is 0 Å². The predicted octanol–water partition coefficient (Wildman–Crippen LogP) is 0.359. The summed E-state index contributed by atoms with van der Waals surface area (Å²) in [6, 6.07) is 0. The van der Waals surface area contributed by atoms with Crippen LogP contribution in [-0.4, -0.2) is 14.6 Å². The zero-order valence-electron chi connectivity index (χ0n) is 8.23. The summed E-state index contributed by atoms with van der Waals surface area (Å²) in [5, 5.41) is 2.94.